The van der Waals surface area contributed by atoms with Crippen LogP contribution in [0.1, 0.15) is 10.4 Å². The molecule has 1 amide bonds. The standard InChI is InChI=1S/C12H15BrN2O2.ClH/c13-10-4-2-1-3-9(10)12(17)15-6-8-5-14-7-11(8)16;/h1-4,8,11,14,16H,5-7H2,(H,15,17);1H. The number of hydrogen-bond acceptors (Lipinski definition) is 3. The normalized spacial score (nSPS) is 22.3. The van der Waals surface area contributed by atoms with Gasteiger partial charge >= 0.3 is 0 Å². The summed E-state index contributed by atoms with van der Waals surface area (Å²) in [6.07, 6.45) is -0.366. The molecule has 18 heavy (non-hydrogen) atoms. The lowest BCUT2D eigenvalue weighted by atomic mass is 10.1. The summed E-state index contributed by atoms with van der Waals surface area (Å²) in [5.74, 6) is -0.0157. The topological polar surface area (TPSA) is 61.4 Å². The number of β-amino-alcohol motifs (C(OH)–C–C–N with tert-alkyl or cyclic N) is 1. The Hall–Kier alpha value is -0.620. The van der Waals surface area contributed by atoms with Gasteiger partial charge in [0.1, 0.15) is 0 Å². The first kappa shape index (κ1) is 15.4. The maximum atomic E-state index is 11.9. The van der Waals surface area contributed by atoms with Gasteiger partial charge in [0.25, 0.3) is 5.91 Å². The first-order valence-corrected chi connectivity index (χ1v) is 6.39. The lowest BCUT2D eigenvalue weighted by molar-refractivity contribution is 0.0926. The molecule has 0 radical (unpaired) electrons. The van der Waals surface area contributed by atoms with E-state index in [0.717, 1.165) is 11.0 Å². The van der Waals surface area contributed by atoms with Crippen LogP contribution in [-0.4, -0.2) is 36.8 Å². The van der Waals surface area contributed by atoms with E-state index in [0.29, 0.717) is 18.7 Å². The van der Waals surface area contributed by atoms with Crippen molar-refractivity contribution in [2.24, 2.45) is 5.92 Å². The van der Waals surface area contributed by atoms with Crippen molar-refractivity contribution in [1.29, 1.82) is 0 Å². The number of carbonyl (C=O) groups excluding carboxylic acids is 1. The molecule has 100 valence electrons. The third-order valence-corrected chi connectivity index (χ3v) is 3.64. The Bertz CT molecular complexity index is 417. The summed E-state index contributed by atoms with van der Waals surface area (Å²) in [6.45, 7) is 1.85. The van der Waals surface area contributed by atoms with Crippen molar-refractivity contribution >= 4 is 34.2 Å². The van der Waals surface area contributed by atoms with Crippen LogP contribution in [0.15, 0.2) is 28.7 Å². The second-order valence-corrected chi connectivity index (χ2v) is 5.03. The molecule has 1 heterocycles. The van der Waals surface area contributed by atoms with Crippen molar-refractivity contribution in [3.05, 3.63) is 34.3 Å². The number of benzene rings is 1. The predicted molar refractivity (Wildman–Crippen MR) is 76.1 cm³/mol. The van der Waals surface area contributed by atoms with Crippen LogP contribution in [0.25, 0.3) is 0 Å². The number of hydrogen-bond donors (Lipinski definition) is 3. The van der Waals surface area contributed by atoms with Gasteiger partial charge in [0, 0.05) is 30.0 Å². The third-order valence-electron chi connectivity index (χ3n) is 2.95. The molecule has 1 aliphatic rings. The van der Waals surface area contributed by atoms with Crippen LogP contribution in [0.2, 0.25) is 0 Å². The summed E-state index contributed by atoms with van der Waals surface area (Å²) < 4.78 is 0.780. The fourth-order valence-electron chi connectivity index (χ4n) is 1.89. The summed E-state index contributed by atoms with van der Waals surface area (Å²) in [5, 5.41) is 15.5. The Kier molecular flexibility index (Phi) is 6.08. The number of nitrogens with one attached hydrogen (secondary N) is 2. The van der Waals surface area contributed by atoms with Gasteiger partial charge in [0.15, 0.2) is 0 Å². The van der Waals surface area contributed by atoms with E-state index in [4.69, 9.17) is 0 Å². The quantitative estimate of drug-likeness (QED) is 0.777. The smallest absolute Gasteiger partial charge is 0.252 e. The summed E-state index contributed by atoms with van der Waals surface area (Å²) in [6, 6.07) is 7.29. The van der Waals surface area contributed by atoms with Crippen LogP contribution in [0.3, 0.4) is 0 Å². The molecule has 0 aliphatic carbocycles. The highest BCUT2D eigenvalue weighted by atomic mass is 79.9. The minimum Gasteiger partial charge on any atom is -0.391 e. The van der Waals surface area contributed by atoms with E-state index in [1.165, 1.54) is 0 Å². The first-order valence-electron chi connectivity index (χ1n) is 5.60. The molecule has 4 nitrogen and oxygen atoms in total. The molecule has 2 atom stereocenters. The van der Waals surface area contributed by atoms with Gasteiger partial charge in [-0.05, 0) is 28.1 Å². The molecule has 2 unspecified atom stereocenters. The number of rotatable bonds is 3. The molecule has 1 aliphatic heterocycles. The Labute approximate surface area is 121 Å². The summed E-state index contributed by atoms with van der Waals surface area (Å²) in [4.78, 5) is 11.9. The highest BCUT2D eigenvalue weighted by Crippen LogP contribution is 2.16. The highest BCUT2D eigenvalue weighted by Gasteiger charge is 2.25. The monoisotopic (exact) mass is 334 g/mol. The molecule has 1 aromatic carbocycles. The van der Waals surface area contributed by atoms with Gasteiger partial charge in [-0.25, -0.2) is 0 Å². The zero-order valence-corrected chi connectivity index (χ0v) is 12.1. The Morgan fingerprint density at radius 1 is 1.44 bits per heavy atom. The van der Waals surface area contributed by atoms with Gasteiger partial charge in [-0.1, -0.05) is 12.1 Å². The van der Waals surface area contributed by atoms with E-state index in [9.17, 15) is 9.90 Å². The van der Waals surface area contributed by atoms with Gasteiger partial charge in [-0.15, -0.1) is 12.4 Å². The molecule has 0 saturated carbocycles. The fraction of sp³-hybridized carbons (Fsp3) is 0.417. The lowest BCUT2D eigenvalue weighted by Crippen LogP contribution is -2.34. The Morgan fingerprint density at radius 2 is 2.17 bits per heavy atom. The van der Waals surface area contributed by atoms with E-state index in [1.54, 1.807) is 6.07 Å². The van der Waals surface area contributed by atoms with Gasteiger partial charge in [0.2, 0.25) is 0 Å². The van der Waals surface area contributed by atoms with E-state index in [2.05, 4.69) is 26.6 Å². The van der Waals surface area contributed by atoms with Crippen LogP contribution in [0, 0.1) is 5.92 Å². The van der Waals surface area contributed by atoms with Crippen LogP contribution >= 0.6 is 28.3 Å². The largest absolute Gasteiger partial charge is 0.391 e. The maximum Gasteiger partial charge on any atom is 0.252 e. The van der Waals surface area contributed by atoms with Crippen LogP contribution in [-0.2, 0) is 0 Å². The van der Waals surface area contributed by atoms with Crippen molar-refractivity contribution < 1.29 is 9.90 Å². The molecule has 0 aromatic heterocycles. The highest BCUT2D eigenvalue weighted by molar-refractivity contribution is 9.10. The van der Waals surface area contributed by atoms with E-state index < -0.39 is 0 Å². The van der Waals surface area contributed by atoms with Crippen molar-refractivity contribution in [2.75, 3.05) is 19.6 Å². The molecule has 3 N–H and O–H groups in total. The predicted octanol–water partition coefficient (Wildman–Crippen LogP) is 1.18. The fourth-order valence-corrected chi connectivity index (χ4v) is 2.36. The second-order valence-electron chi connectivity index (χ2n) is 4.18. The molecular weight excluding hydrogens is 320 g/mol. The van der Waals surface area contributed by atoms with Gasteiger partial charge in [-0.3, -0.25) is 4.79 Å². The maximum absolute atomic E-state index is 11.9. The van der Waals surface area contributed by atoms with Crippen molar-refractivity contribution in [1.82, 2.24) is 10.6 Å². The zero-order valence-electron chi connectivity index (χ0n) is 9.73. The number of aliphatic hydroxyl groups excluding tert-OH is 1. The van der Waals surface area contributed by atoms with Crippen molar-refractivity contribution in [2.45, 2.75) is 6.10 Å². The van der Waals surface area contributed by atoms with Gasteiger partial charge < -0.3 is 15.7 Å². The second kappa shape index (κ2) is 7.09. The lowest BCUT2D eigenvalue weighted by Gasteiger charge is -2.14. The molecular formula is C12H16BrClN2O2. The van der Waals surface area contributed by atoms with Crippen LogP contribution in [0.5, 0.6) is 0 Å². The third kappa shape index (κ3) is 3.68. The van der Waals surface area contributed by atoms with Crippen molar-refractivity contribution in [3.63, 3.8) is 0 Å². The average molecular weight is 336 g/mol. The van der Waals surface area contributed by atoms with E-state index in [-0.39, 0.29) is 30.3 Å². The van der Waals surface area contributed by atoms with Gasteiger partial charge in [-0.2, -0.15) is 0 Å². The number of halogens is 2. The summed E-state index contributed by atoms with van der Waals surface area (Å²) in [7, 11) is 0. The molecule has 1 aromatic rings. The molecule has 1 saturated heterocycles. The number of aliphatic hydroxyl groups is 1. The average Bonchev–Trinajstić information content (AvgIpc) is 2.72. The van der Waals surface area contributed by atoms with Crippen molar-refractivity contribution in [3.8, 4) is 0 Å². The van der Waals surface area contributed by atoms with Crippen LogP contribution in [0.4, 0.5) is 0 Å². The Balaban J connectivity index is 0.00000162. The van der Waals surface area contributed by atoms with E-state index >= 15 is 0 Å². The zero-order chi connectivity index (χ0) is 12.3. The minimum absolute atomic E-state index is 0. The summed E-state index contributed by atoms with van der Waals surface area (Å²) >= 11 is 3.34. The SMILES string of the molecule is Cl.O=C(NCC1CNCC1O)c1ccccc1Br. The molecule has 0 bridgehead atoms. The van der Waals surface area contributed by atoms with E-state index in [1.807, 2.05) is 18.2 Å². The molecule has 2 rings (SSSR count). The van der Waals surface area contributed by atoms with Crippen LogP contribution < -0.4 is 10.6 Å². The summed E-state index contributed by atoms with van der Waals surface area (Å²) in [5.41, 5.74) is 0.618. The number of amides is 1. The van der Waals surface area contributed by atoms with Gasteiger partial charge in [0.05, 0.1) is 11.7 Å². The molecule has 6 heteroatoms. The number of carbonyl (C=O) groups is 1. The molecule has 1 fully saturated rings. The minimum atomic E-state index is -0.366. The first-order chi connectivity index (χ1) is 8.18. The molecule has 0 spiro atoms. The Morgan fingerprint density at radius 3 is 2.78 bits per heavy atom.